The molecule has 0 aromatic carbocycles. The molecule has 1 saturated heterocycles. The maximum absolute atomic E-state index is 7.40. The molecule has 2 aromatic heterocycles. The van der Waals surface area contributed by atoms with Crippen LogP contribution in [0.25, 0.3) is 9.69 Å². The number of thiophene rings is 2. The summed E-state index contributed by atoms with van der Waals surface area (Å²) in [7, 11) is 4.13. The van der Waals surface area contributed by atoms with Crippen molar-refractivity contribution in [3.05, 3.63) is 67.6 Å². The van der Waals surface area contributed by atoms with Gasteiger partial charge in [0.15, 0.2) is 0 Å². The molecule has 34 heavy (non-hydrogen) atoms. The van der Waals surface area contributed by atoms with Crippen molar-refractivity contribution in [3.8, 4) is 0 Å². The maximum Gasteiger partial charge on any atom is 1.00 e. The largest absolute Gasteiger partial charge is 1.00 e. The second kappa shape index (κ2) is 25.4. The molecule has 0 bridgehead atoms. The molecule has 0 amide bonds. The van der Waals surface area contributed by atoms with Crippen LogP contribution in [0.5, 0.6) is 0 Å². The summed E-state index contributed by atoms with van der Waals surface area (Å²) < 4.78 is 0. The Bertz CT molecular complexity index is 754. The minimum absolute atomic E-state index is 0. The Morgan fingerprint density at radius 2 is 1.59 bits per heavy atom. The van der Waals surface area contributed by atoms with Gasteiger partial charge in [0.2, 0.25) is 6.54 Å². The van der Waals surface area contributed by atoms with Crippen molar-refractivity contribution in [3.63, 3.8) is 0 Å². The van der Waals surface area contributed by atoms with E-state index >= 15 is 0 Å². The molecule has 2 aromatic rings. The zero-order valence-corrected chi connectivity index (χ0v) is 26.6. The number of hydrogen-bond acceptors (Lipinski definition) is 5. The Hall–Kier alpha value is 0.766. The summed E-state index contributed by atoms with van der Waals surface area (Å²) in [5.41, 5.74) is 2.14. The Kier molecular flexibility index (Phi) is 31.3. The van der Waals surface area contributed by atoms with Gasteiger partial charge in [-0.3, -0.25) is 0 Å². The van der Waals surface area contributed by atoms with Gasteiger partial charge in [-0.2, -0.15) is 22.7 Å². The van der Waals surface area contributed by atoms with E-state index in [4.69, 9.17) is 36.3 Å². The number of halogens is 3. The average molecular weight is 594 g/mol. The van der Waals surface area contributed by atoms with E-state index in [1.54, 1.807) is 22.7 Å². The molecular weight excluding hydrogens is 558 g/mol. The average Bonchev–Trinajstić information content (AvgIpc) is 3.45. The summed E-state index contributed by atoms with van der Waals surface area (Å²) >= 11 is 14.2. The number of alkyl halides is 2. The molecule has 3 heterocycles. The van der Waals surface area contributed by atoms with E-state index in [9.17, 15) is 0 Å². The van der Waals surface area contributed by atoms with Gasteiger partial charge in [-0.25, -0.2) is 13.1 Å². The molecule has 0 saturated carbocycles. The van der Waals surface area contributed by atoms with E-state index < -0.39 is 0 Å². The molecule has 1 aliphatic rings. The van der Waals surface area contributed by atoms with Crippen molar-refractivity contribution in [2.75, 3.05) is 52.0 Å². The van der Waals surface area contributed by atoms with Crippen LogP contribution in [0.1, 0.15) is 31.4 Å². The van der Waals surface area contributed by atoms with E-state index in [0.717, 1.165) is 44.6 Å². The van der Waals surface area contributed by atoms with Crippen LogP contribution < -0.4 is 51.4 Å². The molecule has 188 valence electrons. The van der Waals surface area contributed by atoms with E-state index in [1.165, 1.54) is 5.56 Å². The minimum atomic E-state index is -0.216. The van der Waals surface area contributed by atoms with Gasteiger partial charge in [0, 0.05) is 72.7 Å². The van der Waals surface area contributed by atoms with Crippen molar-refractivity contribution in [2.24, 2.45) is 0 Å². The number of rotatable bonds is 6. The molecule has 0 atom stereocenters. The SMILES string of the molecule is C.CN(CCCl)CCCl.Cl.[C-]#[N+]C1(c2ccsc2)CCN(C)CC1.[C-]#[N+]Cc1ccsc1.[K+].[OH-]. The molecule has 1 aliphatic heterocycles. The van der Waals surface area contributed by atoms with Crippen LogP contribution >= 0.6 is 58.3 Å². The third-order valence-electron chi connectivity index (χ3n) is 4.86. The molecular formula is C23H36Cl3KN4OS2. The molecule has 0 unspecified atom stereocenters. The van der Waals surface area contributed by atoms with Crippen LogP contribution in [0.2, 0.25) is 0 Å². The van der Waals surface area contributed by atoms with Crippen molar-refractivity contribution in [2.45, 2.75) is 32.4 Å². The molecule has 5 nitrogen and oxygen atoms in total. The first-order valence-electron chi connectivity index (χ1n) is 9.76. The molecule has 1 N–H and O–H groups in total. The zero-order valence-electron chi connectivity index (χ0n) is 19.5. The van der Waals surface area contributed by atoms with Crippen molar-refractivity contribution < 1.29 is 56.9 Å². The summed E-state index contributed by atoms with van der Waals surface area (Å²) in [5.74, 6) is 1.38. The normalized spacial score (nSPS) is 13.4. The Morgan fingerprint density at radius 3 is 1.97 bits per heavy atom. The van der Waals surface area contributed by atoms with Gasteiger partial charge >= 0.3 is 51.4 Å². The van der Waals surface area contributed by atoms with Gasteiger partial charge in [-0.1, -0.05) is 7.43 Å². The fourth-order valence-electron chi connectivity index (χ4n) is 2.86. The van der Waals surface area contributed by atoms with Gasteiger partial charge in [0.1, 0.15) is 0 Å². The van der Waals surface area contributed by atoms with Crippen LogP contribution in [0, 0.1) is 13.1 Å². The van der Waals surface area contributed by atoms with Gasteiger partial charge in [-0.05, 0) is 37.0 Å². The van der Waals surface area contributed by atoms with Crippen LogP contribution in [0.4, 0.5) is 0 Å². The van der Waals surface area contributed by atoms with Gasteiger partial charge < -0.3 is 25.0 Å². The number of piperidine rings is 1. The van der Waals surface area contributed by atoms with Crippen molar-refractivity contribution in [1.82, 2.24) is 9.80 Å². The smallest absolute Gasteiger partial charge is 0.870 e. The van der Waals surface area contributed by atoms with Gasteiger partial charge in [-0.15, -0.1) is 35.6 Å². The zero-order chi connectivity index (χ0) is 22.2. The molecule has 3 rings (SSSR count). The second-order valence-corrected chi connectivity index (χ2v) is 9.40. The fourth-order valence-corrected chi connectivity index (χ4v) is 4.84. The molecule has 0 spiro atoms. The minimum Gasteiger partial charge on any atom is -0.870 e. The number of likely N-dealkylation sites (tertiary alicyclic amines) is 1. The van der Waals surface area contributed by atoms with E-state index in [-0.39, 0.29) is 82.2 Å². The summed E-state index contributed by atoms with van der Waals surface area (Å²) in [5, 5.41) is 8.18. The van der Waals surface area contributed by atoms with Crippen LogP contribution in [0.3, 0.4) is 0 Å². The van der Waals surface area contributed by atoms with Crippen LogP contribution in [0.15, 0.2) is 33.7 Å². The second-order valence-electron chi connectivity index (χ2n) is 7.09. The predicted octanol–water partition coefficient (Wildman–Crippen LogP) is 4.04. The first-order valence-corrected chi connectivity index (χ1v) is 12.7. The first kappa shape index (κ1) is 41.9. The Morgan fingerprint density at radius 1 is 1.06 bits per heavy atom. The summed E-state index contributed by atoms with van der Waals surface area (Å²) in [6, 6.07) is 4.08. The van der Waals surface area contributed by atoms with E-state index in [1.807, 2.05) is 23.9 Å². The maximum atomic E-state index is 7.40. The molecule has 0 aliphatic carbocycles. The number of nitrogens with zero attached hydrogens (tertiary/aromatic N) is 4. The quantitative estimate of drug-likeness (QED) is 0.289. The standard InChI is InChI=1S/C11H14N2S.C6H5NS.C5H11Cl2N.CH4.ClH.K.H2O/c1-12-11(10-3-8-14-9-10)4-6-13(2)7-5-11;1-7-4-6-2-3-8-5-6;1-8(4-2-6)5-3-7;;;;/h3,8-9H,4-7H2,2H3;2-3,5H,4H2;2-5H2,1H3;1H4;1H;;1H2/q;;;;;+1;/p-1. The Balaban J connectivity index is -0.000000199. The van der Waals surface area contributed by atoms with E-state index in [2.05, 4.69) is 43.4 Å². The topological polar surface area (TPSA) is 45.2 Å². The molecule has 11 heteroatoms. The molecule has 0 radical (unpaired) electrons. The third kappa shape index (κ3) is 16.5. The summed E-state index contributed by atoms with van der Waals surface area (Å²) in [4.78, 5) is 11.5. The van der Waals surface area contributed by atoms with Gasteiger partial charge in [0.25, 0.3) is 5.54 Å². The number of hydrogen-bond donors (Lipinski definition) is 0. The monoisotopic (exact) mass is 592 g/mol. The first-order chi connectivity index (χ1) is 14.5. The van der Waals surface area contributed by atoms with Crippen molar-refractivity contribution in [1.29, 1.82) is 0 Å². The predicted molar refractivity (Wildman–Crippen MR) is 149 cm³/mol. The van der Waals surface area contributed by atoms with E-state index in [0.29, 0.717) is 18.3 Å². The molecule has 1 fully saturated rings. The summed E-state index contributed by atoms with van der Waals surface area (Å²) in [6.45, 7) is 18.4. The third-order valence-corrected chi connectivity index (χ3v) is 6.61. The van der Waals surface area contributed by atoms with Crippen LogP contribution in [-0.2, 0) is 12.1 Å². The summed E-state index contributed by atoms with van der Waals surface area (Å²) in [6.07, 6.45) is 1.95. The van der Waals surface area contributed by atoms with Crippen LogP contribution in [-0.4, -0.2) is 67.3 Å². The Labute approximate surface area is 273 Å². The van der Waals surface area contributed by atoms with Gasteiger partial charge in [0.05, 0.1) is 0 Å². The fraction of sp³-hybridized carbons (Fsp3) is 0.565. The van der Waals surface area contributed by atoms with Crippen molar-refractivity contribution >= 4 is 58.3 Å².